The highest BCUT2D eigenvalue weighted by Gasteiger charge is 2.08. The van der Waals surface area contributed by atoms with E-state index in [-0.39, 0.29) is 0 Å². The molecule has 0 fully saturated rings. The van der Waals surface area contributed by atoms with E-state index in [9.17, 15) is 4.79 Å². The van der Waals surface area contributed by atoms with E-state index in [2.05, 4.69) is 31.2 Å². The summed E-state index contributed by atoms with van der Waals surface area (Å²) in [5.74, 6) is 0.781. The number of hydrogen-bond acceptors (Lipinski definition) is 2. The molecule has 0 saturated heterocycles. The summed E-state index contributed by atoms with van der Waals surface area (Å²) < 4.78 is 5.99. The normalized spacial score (nSPS) is 10.3. The number of carbonyl (C=O) groups is 1. The van der Waals surface area contributed by atoms with Crippen molar-refractivity contribution in [3.05, 3.63) is 89.5 Å². The standard InChI is InChI=1S/C21H18O2/c1-16-7-10-19(11-8-16)20-13-18(14-22)9-12-21(20)23-15-17-5-3-2-4-6-17/h2-14H,15H2,1H3. The van der Waals surface area contributed by atoms with Gasteiger partial charge in [0.15, 0.2) is 0 Å². The van der Waals surface area contributed by atoms with Gasteiger partial charge in [-0.3, -0.25) is 4.79 Å². The molecule has 0 bridgehead atoms. The Morgan fingerprint density at radius 1 is 0.913 bits per heavy atom. The van der Waals surface area contributed by atoms with Crippen LogP contribution in [0.2, 0.25) is 0 Å². The Kier molecular flexibility index (Phi) is 4.53. The van der Waals surface area contributed by atoms with Crippen LogP contribution >= 0.6 is 0 Å². The fourth-order valence-corrected chi connectivity index (χ4v) is 2.44. The lowest BCUT2D eigenvalue weighted by Crippen LogP contribution is -1.97. The Morgan fingerprint density at radius 3 is 2.35 bits per heavy atom. The van der Waals surface area contributed by atoms with Gasteiger partial charge in [-0.2, -0.15) is 0 Å². The van der Waals surface area contributed by atoms with Crippen molar-refractivity contribution in [3.63, 3.8) is 0 Å². The largest absolute Gasteiger partial charge is 0.488 e. The van der Waals surface area contributed by atoms with Gasteiger partial charge < -0.3 is 4.74 Å². The second kappa shape index (κ2) is 6.93. The number of aldehydes is 1. The minimum atomic E-state index is 0.500. The highest BCUT2D eigenvalue weighted by Crippen LogP contribution is 2.31. The van der Waals surface area contributed by atoms with Crippen LogP contribution in [0, 0.1) is 6.92 Å². The lowest BCUT2D eigenvalue weighted by molar-refractivity contribution is 0.112. The molecule has 0 aliphatic rings. The van der Waals surface area contributed by atoms with Crippen LogP contribution in [-0.4, -0.2) is 6.29 Å². The highest BCUT2D eigenvalue weighted by molar-refractivity contribution is 5.81. The zero-order valence-corrected chi connectivity index (χ0v) is 13.0. The Hall–Kier alpha value is -2.87. The van der Waals surface area contributed by atoms with E-state index in [0.29, 0.717) is 12.2 Å². The molecule has 0 heterocycles. The molecule has 0 unspecified atom stereocenters. The van der Waals surface area contributed by atoms with Crippen LogP contribution in [0.3, 0.4) is 0 Å². The van der Waals surface area contributed by atoms with Gasteiger partial charge >= 0.3 is 0 Å². The van der Waals surface area contributed by atoms with Crippen LogP contribution < -0.4 is 4.74 Å². The fraction of sp³-hybridized carbons (Fsp3) is 0.0952. The predicted octanol–water partition coefficient (Wildman–Crippen LogP) is 5.05. The van der Waals surface area contributed by atoms with Gasteiger partial charge in [-0.05, 0) is 36.2 Å². The second-order valence-corrected chi connectivity index (χ2v) is 5.51. The number of benzene rings is 3. The van der Waals surface area contributed by atoms with E-state index < -0.39 is 0 Å². The van der Waals surface area contributed by atoms with Crippen LogP contribution in [0.5, 0.6) is 5.75 Å². The quantitative estimate of drug-likeness (QED) is 0.616. The minimum absolute atomic E-state index is 0.500. The van der Waals surface area contributed by atoms with Crippen molar-refractivity contribution in [2.45, 2.75) is 13.5 Å². The van der Waals surface area contributed by atoms with Crippen LogP contribution in [0.15, 0.2) is 72.8 Å². The third-order valence-corrected chi connectivity index (χ3v) is 3.74. The van der Waals surface area contributed by atoms with Crippen LogP contribution in [0.1, 0.15) is 21.5 Å². The number of hydrogen-bond donors (Lipinski definition) is 0. The summed E-state index contributed by atoms with van der Waals surface area (Å²) in [4.78, 5) is 11.1. The Bertz CT molecular complexity index is 790. The molecule has 2 nitrogen and oxygen atoms in total. The first-order chi connectivity index (χ1) is 11.3. The first-order valence-corrected chi connectivity index (χ1v) is 7.59. The molecule has 23 heavy (non-hydrogen) atoms. The van der Waals surface area contributed by atoms with Crippen molar-refractivity contribution in [2.24, 2.45) is 0 Å². The molecule has 0 saturated carbocycles. The maximum atomic E-state index is 11.1. The Morgan fingerprint density at radius 2 is 1.65 bits per heavy atom. The third kappa shape index (κ3) is 3.67. The Labute approximate surface area is 136 Å². The molecular weight excluding hydrogens is 284 g/mol. The van der Waals surface area contributed by atoms with E-state index in [1.54, 1.807) is 6.07 Å². The zero-order valence-electron chi connectivity index (χ0n) is 13.0. The first kappa shape index (κ1) is 15.0. The molecule has 0 N–H and O–H groups in total. The van der Waals surface area contributed by atoms with E-state index in [1.807, 2.05) is 42.5 Å². The third-order valence-electron chi connectivity index (χ3n) is 3.74. The molecule has 3 rings (SSSR count). The molecule has 3 aromatic carbocycles. The van der Waals surface area contributed by atoms with Crippen molar-refractivity contribution in [1.82, 2.24) is 0 Å². The van der Waals surface area contributed by atoms with Gasteiger partial charge in [0.05, 0.1) is 0 Å². The van der Waals surface area contributed by atoms with Gasteiger partial charge in [0.25, 0.3) is 0 Å². The van der Waals surface area contributed by atoms with E-state index in [0.717, 1.165) is 28.7 Å². The molecule has 3 aromatic rings. The van der Waals surface area contributed by atoms with Gasteiger partial charge in [0.1, 0.15) is 18.6 Å². The molecule has 114 valence electrons. The first-order valence-electron chi connectivity index (χ1n) is 7.59. The fourth-order valence-electron chi connectivity index (χ4n) is 2.44. The highest BCUT2D eigenvalue weighted by atomic mass is 16.5. The lowest BCUT2D eigenvalue weighted by Gasteiger charge is -2.13. The van der Waals surface area contributed by atoms with Crippen molar-refractivity contribution in [2.75, 3.05) is 0 Å². The second-order valence-electron chi connectivity index (χ2n) is 5.51. The van der Waals surface area contributed by atoms with Gasteiger partial charge in [-0.1, -0.05) is 60.2 Å². The average Bonchev–Trinajstić information content (AvgIpc) is 2.61. The van der Waals surface area contributed by atoms with E-state index >= 15 is 0 Å². The molecule has 0 aromatic heterocycles. The van der Waals surface area contributed by atoms with Crippen molar-refractivity contribution >= 4 is 6.29 Å². The molecular formula is C21H18O2. The topological polar surface area (TPSA) is 26.3 Å². The van der Waals surface area contributed by atoms with Gasteiger partial charge in [0, 0.05) is 11.1 Å². The summed E-state index contributed by atoms with van der Waals surface area (Å²) in [6, 6.07) is 23.8. The van der Waals surface area contributed by atoms with Crippen molar-refractivity contribution in [1.29, 1.82) is 0 Å². The Balaban J connectivity index is 1.92. The van der Waals surface area contributed by atoms with E-state index in [1.165, 1.54) is 5.56 Å². The summed E-state index contributed by atoms with van der Waals surface area (Å²) >= 11 is 0. The average molecular weight is 302 g/mol. The van der Waals surface area contributed by atoms with Gasteiger partial charge in [-0.25, -0.2) is 0 Å². The number of aryl methyl sites for hydroxylation is 1. The monoisotopic (exact) mass is 302 g/mol. The molecule has 0 spiro atoms. The summed E-state index contributed by atoms with van der Waals surface area (Å²) in [5.41, 5.74) is 4.94. The summed E-state index contributed by atoms with van der Waals surface area (Å²) in [5, 5.41) is 0. The predicted molar refractivity (Wildman–Crippen MR) is 92.8 cm³/mol. The van der Waals surface area contributed by atoms with Crippen LogP contribution in [0.4, 0.5) is 0 Å². The molecule has 0 atom stereocenters. The zero-order chi connectivity index (χ0) is 16.1. The molecule has 0 aliphatic heterocycles. The van der Waals surface area contributed by atoms with Crippen molar-refractivity contribution in [3.8, 4) is 16.9 Å². The maximum Gasteiger partial charge on any atom is 0.150 e. The molecule has 2 heteroatoms. The SMILES string of the molecule is Cc1ccc(-c2cc(C=O)ccc2OCc2ccccc2)cc1. The smallest absolute Gasteiger partial charge is 0.150 e. The summed E-state index contributed by atoms with van der Waals surface area (Å²) in [7, 11) is 0. The molecule has 0 amide bonds. The lowest BCUT2D eigenvalue weighted by atomic mass is 10.0. The van der Waals surface area contributed by atoms with Crippen LogP contribution in [-0.2, 0) is 6.61 Å². The van der Waals surface area contributed by atoms with Gasteiger partial charge in [-0.15, -0.1) is 0 Å². The number of ether oxygens (including phenoxy) is 1. The summed E-state index contributed by atoms with van der Waals surface area (Å²) in [6.45, 7) is 2.55. The van der Waals surface area contributed by atoms with Gasteiger partial charge in [0.2, 0.25) is 0 Å². The number of rotatable bonds is 5. The minimum Gasteiger partial charge on any atom is -0.488 e. The molecule has 0 aliphatic carbocycles. The van der Waals surface area contributed by atoms with E-state index in [4.69, 9.17) is 4.74 Å². The maximum absolute atomic E-state index is 11.1. The summed E-state index contributed by atoms with van der Waals surface area (Å²) in [6.07, 6.45) is 0.860. The molecule has 0 radical (unpaired) electrons. The van der Waals surface area contributed by atoms with Crippen LogP contribution in [0.25, 0.3) is 11.1 Å². The number of carbonyl (C=O) groups excluding carboxylic acids is 1. The van der Waals surface area contributed by atoms with Crippen molar-refractivity contribution < 1.29 is 9.53 Å².